The summed E-state index contributed by atoms with van der Waals surface area (Å²) in [6, 6.07) is 0.539. The van der Waals surface area contributed by atoms with Crippen LogP contribution in [0.25, 0.3) is 0 Å². The van der Waals surface area contributed by atoms with Crippen molar-refractivity contribution in [2.24, 2.45) is 17.3 Å². The van der Waals surface area contributed by atoms with Crippen molar-refractivity contribution in [1.29, 1.82) is 0 Å². The lowest BCUT2D eigenvalue weighted by Gasteiger charge is -2.37. The maximum atomic E-state index is 6.55. The Morgan fingerprint density at radius 1 is 1.10 bits per heavy atom. The lowest BCUT2D eigenvalue weighted by molar-refractivity contribution is -0.0597. The normalized spacial score (nSPS) is 41.0. The third kappa shape index (κ3) is 3.76. The number of hydrogen-bond acceptors (Lipinski definition) is 2. The van der Waals surface area contributed by atoms with E-state index < -0.39 is 0 Å². The largest absolute Gasteiger partial charge is 0.373 e. The molecule has 20 heavy (non-hydrogen) atoms. The van der Waals surface area contributed by atoms with Gasteiger partial charge in [-0.2, -0.15) is 0 Å². The van der Waals surface area contributed by atoms with Crippen LogP contribution in [0.4, 0.5) is 0 Å². The topological polar surface area (TPSA) is 21.3 Å². The van der Waals surface area contributed by atoms with Gasteiger partial charge in [0.1, 0.15) is 0 Å². The van der Waals surface area contributed by atoms with Crippen molar-refractivity contribution in [3.8, 4) is 0 Å². The molecule has 2 aliphatic carbocycles. The summed E-state index contributed by atoms with van der Waals surface area (Å²) in [7, 11) is 0. The Hall–Kier alpha value is -0.0800. The number of hydrogen-bond donors (Lipinski definition) is 1. The molecule has 0 aliphatic heterocycles. The maximum Gasteiger partial charge on any atom is 0.0737 e. The average Bonchev–Trinajstić information content (AvgIpc) is 2.67. The Morgan fingerprint density at radius 2 is 1.85 bits per heavy atom. The first-order valence-corrected chi connectivity index (χ1v) is 8.83. The van der Waals surface area contributed by atoms with Crippen molar-refractivity contribution in [2.75, 3.05) is 6.54 Å². The van der Waals surface area contributed by atoms with Crippen LogP contribution in [0.15, 0.2) is 0 Å². The van der Waals surface area contributed by atoms with E-state index in [1.54, 1.807) is 0 Å². The van der Waals surface area contributed by atoms with Crippen molar-refractivity contribution < 1.29 is 4.74 Å². The van der Waals surface area contributed by atoms with Crippen LogP contribution in [0.5, 0.6) is 0 Å². The Bertz CT molecular complexity index is 302. The highest BCUT2D eigenvalue weighted by molar-refractivity contribution is 4.98. The second-order valence-corrected chi connectivity index (χ2v) is 8.02. The quantitative estimate of drug-likeness (QED) is 0.807. The van der Waals surface area contributed by atoms with Gasteiger partial charge in [-0.05, 0) is 62.3 Å². The number of nitrogens with one attached hydrogen (secondary N) is 1. The van der Waals surface area contributed by atoms with E-state index in [-0.39, 0.29) is 0 Å². The van der Waals surface area contributed by atoms with E-state index in [0.717, 1.165) is 18.4 Å². The predicted molar refractivity (Wildman–Crippen MR) is 85.9 cm³/mol. The molecule has 118 valence electrons. The molecule has 5 unspecified atom stereocenters. The van der Waals surface area contributed by atoms with E-state index >= 15 is 0 Å². The first-order valence-electron chi connectivity index (χ1n) is 8.83. The standard InChI is InChI=1S/C18H35NO/c1-6-11-19-17-16(9-10-18(17,4)5)20-15-8-7-13(2)14(3)12-15/h13-17,19H,6-12H2,1-5H3. The van der Waals surface area contributed by atoms with Gasteiger partial charge in [0.25, 0.3) is 0 Å². The van der Waals surface area contributed by atoms with Gasteiger partial charge in [0.2, 0.25) is 0 Å². The van der Waals surface area contributed by atoms with Crippen molar-refractivity contribution >= 4 is 0 Å². The fourth-order valence-electron chi connectivity index (χ4n) is 4.06. The molecule has 2 fully saturated rings. The van der Waals surface area contributed by atoms with E-state index in [4.69, 9.17) is 4.74 Å². The van der Waals surface area contributed by atoms with Gasteiger partial charge in [-0.1, -0.05) is 34.6 Å². The zero-order valence-corrected chi connectivity index (χ0v) is 14.2. The molecular formula is C18H35NO. The molecule has 0 aromatic carbocycles. The molecule has 0 spiro atoms. The van der Waals surface area contributed by atoms with E-state index in [0.29, 0.717) is 23.7 Å². The number of ether oxygens (including phenoxy) is 1. The third-order valence-electron chi connectivity index (χ3n) is 5.82. The average molecular weight is 281 g/mol. The minimum absolute atomic E-state index is 0.382. The molecule has 0 aromatic rings. The van der Waals surface area contributed by atoms with Crippen LogP contribution in [0.1, 0.15) is 73.1 Å². The summed E-state index contributed by atoms with van der Waals surface area (Å²) in [4.78, 5) is 0. The van der Waals surface area contributed by atoms with E-state index in [9.17, 15) is 0 Å². The molecule has 2 saturated carbocycles. The van der Waals surface area contributed by atoms with E-state index in [1.165, 1.54) is 38.5 Å². The zero-order valence-electron chi connectivity index (χ0n) is 14.2. The molecule has 0 aromatic heterocycles. The maximum absolute atomic E-state index is 6.55. The van der Waals surface area contributed by atoms with Gasteiger partial charge >= 0.3 is 0 Å². The minimum atomic E-state index is 0.382. The minimum Gasteiger partial charge on any atom is -0.373 e. The molecule has 1 N–H and O–H groups in total. The summed E-state index contributed by atoms with van der Waals surface area (Å²) in [5.41, 5.74) is 0.382. The fraction of sp³-hybridized carbons (Fsp3) is 1.00. The lowest BCUT2D eigenvalue weighted by Crippen LogP contribution is -2.47. The van der Waals surface area contributed by atoms with E-state index in [1.807, 2.05) is 0 Å². The summed E-state index contributed by atoms with van der Waals surface area (Å²) >= 11 is 0. The summed E-state index contributed by atoms with van der Waals surface area (Å²) in [6.45, 7) is 12.9. The van der Waals surface area contributed by atoms with Gasteiger partial charge in [-0.3, -0.25) is 0 Å². The smallest absolute Gasteiger partial charge is 0.0737 e. The Kier molecular flexibility index (Phi) is 5.53. The molecule has 2 nitrogen and oxygen atoms in total. The molecular weight excluding hydrogens is 246 g/mol. The zero-order chi connectivity index (χ0) is 14.8. The van der Waals surface area contributed by atoms with Crippen LogP contribution in [-0.2, 0) is 4.74 Å². The monoisotopic (exact) mass is 281 g/mol. The van der Waals surface area contributed by atoms with Crippen molar-refractivity contribution in [1.82, 2.24) is 5.32 Å². The molecule has 0 saturated heterocycles. The number of rotatable bonds is 5. The van der Waals surface area contributed by atoms with Crippen LogP contribution < -0.4 is 5.32 Å². The van der Waals surface area contributed by atoms with Gasteiger partial charge in [-0.25, -0.2) is 0 Å². The molecule has 5 atom stereocenters. The molecule has 2 rings (SSSR count). The van der Waals surface area contributed by atoms with Crippen molar-refractivity contribution in [3.63, 3.8) is 0 Å². The first-order chi connectivity index (χ1) is 9.44. The van der Waals surface area contributed by atoms with Gasteiger partial charge in [-0.15, -0.1) is 0 Å². The summed E-state index contributed by atoms with van der Waals surface area (Å²) in [6.07, 6.45) is 8.54. The van der Waals surface area contributed by atoms with Gasteiger partial charge in [0.15, 0.2) is 0 Å². The Labute approximate surface area is 126 Å². The van der Waals surface area contributed by atoms with Crippen LogP contribution in [0.3, 0.4) is 0 Å². The second-order valence-electron chi connectivity index (χ2n) is 8.02. The van der Waals surface area contributed by atoms with Crippen LogP contribution >= 0.6 is 0 Å². The molecule has 2 aliphatic rings. The SMILES string of the molecule is CCCNC1C(OC2CCC(C)C(C)C2)CCC1(C)C. The summed E-state index contributed by atoms with van der Waals surface area (Å²) < 4.78 is 6.55. The molecule has 0 bridgehead atoms. The van der Waals surface area contributed by atoms with E-state index in [2.05, 4.69) is 39.9 Å². The second kappa shape index (κ2) is 6.79. The summed E-state index contributed by atoms with van der Waals surface area (Å²) in [5, 5.41) is 3.76. The molecule has 0 heterocycles. The predicted octanol–water partition coefficient (Wildman–Crippen LogP) is 4.38. The highest BCUT2D eigenvalue weighted by Crippen LogP contribution is 2.41. The van der Waals surface area contributed by atoms with Gasteiger partial charge in [0, 0.05) is 6.04 Å². The highest BCUT2D eigenvalue weighted by atomic mass is 16.5. The van der Waals surface area contributed by atoms with Crippen LogP contribution in [-0.4, -0.2) is 24.8 Å². The highest BCUT2D eigenvalue weighted by Gasteiger charge is 2.43. The summed E-state index contributed by atoms with van der Waals surface area (Å²) in [5.74, 6) is 1.70. The van der Waals surface area contributed by atoms with Crippen molar-refractivity contribution in [3.05, 3.63) is 0 Å². The van der Waals surface area contributed by atoms with Gasteiger partial charge < -0.3 is 10.1 Å². The lowest BCUT2D eigenvalue weighted by atomic mass is 9.80. The Morgan fingerprint density at radius 3 is 2.50 bits per heavy atom. The van der Waals surface area contributed by atoms with Crippen LogP contribution in [0.2, 0.25) is 0 Å². The van der Waals surface area contributed by atoms with Gasteiger partial charge in [0.05, 0.1) is 12.2 Å². The molecule has 2 heteroatoms. The Balaban J connectivity index is 1.90. The van der Waals surface area contributed by atoms with Crippen molar-refractivity contribution in [2.45, 2.75) is 91.4 Å². The molecule has 0 amide bonds. The molecule has 0 radical (unpaired) electrons. The first kappa shape index (κ1) is 16.3. The third-order valence-corrected chi connectivity index (χ3v) is 5.82. The van der Waals surface area contributed by atoms with Crippen LogP contribution in [0, 0.1) is 17.3 Å². The fourth-order valence-corrected chi connectivity index (χ4v) is 4.06.